The van der Waals surface area contributed by atoms with Gasteiger partial charge in [-0.15, -0.1) is 0 Å². The normalized spacial score (nSPS) is 11.4. The van der Waals surface area contributed by atoms with E-state index < -0.39 is 19.5 Å². The number of ether oxygens (including phenoxy) is 2. The van der Waals surface area contributed by atoms with Gasteiger partial charge >= 0.3 is 19.5 Å². The SMILES string of the molecule is COC(=O)CN(CC(=O)OC)CP(=O)(OC)OC. The maximum Gasteiger partial charge on any atom is 0.344 e. The van der Waals surface area contributed by atoms with Gasteiger partial charge in [-0.05, 0) is 0 Å². The number of esters is 2. The van der Waals surface area contributed by atoms with Gasteiger partial charge in [0.05, 0.1) is 27.3 Å². The van der Waals surface area contributed by atoms with Crippen molar-refractivity contribution in [2.24, 2.45) is 0 Å². The number of nitrogens with zero attached hydrogens (tertiary/aromatic N) is 1. The monoisotopic (exact) mass is 283 g/mol. The van der Waals surface area contributed by atoms with Crippen LogP contribution in [0.1, 0.15) is 0 Å². The summed E-state index contributed by atoms with van der Waals surface area (Å²) in [5.41, 5.74) is 0. The van der Waals surface area contributed by atoms with E-state index in [2.05, 4.69) is 9.47 Å². The highest BCUT2D eigenvalue weighted by atomic mass is 31.2. The van der Waals surface area contributed by atoms with Crippen LogP contribution >= 0.6 is 7.60 Å². The van der Waals surface area contributed by atoms with Gasteiger partial charge in [0.2, 0.25) is 0 Å². The number of carbonyl (C=O) groups excluding carboxylic acids is 2. The van der Waals surface area contributed by atoms with Crippen molar-refractivity contribution in [1.29, 1.82) is 0 Å². The molecule has 0 saturated heterocycles. The van der Waals surface area contributed by atoms with Crippen molar-refractivity contribution >= 4 is 19.5 Å². The molecule has 0 fully saturated rings. The molecule has 9 heteroatoms. The third-order valence-electron chi connectivity index (χ3n) is 2.09. The highest BCUT2D eigenvalue weighted by Crippen LogP contribution is 2.46. The van der Waals surface area contributed by atoms with Crippen LogP contribution in [0.3, 0.4) is 0 Å². The molecular weight excluding hydrogens is 265 g/mol. The molecule has 0 aromatic heterocycles. The quantitative estimate of drug-likeness (QED) is 0.457. The lowest BCUT2D eigenvalue weighted by atomic mass is 10.5. The second kappa shape index (κ2) is 8.20. The summed E-state index contributed by atoms with van der Waals surface area (Å²) in [6, 6.07) is 0. The lowest BCUT2D eigenvalue weighted by Gasteiger charge is -2.23. The predicted octanol–water partition coefficient (Wildman–Crippen LogP) is 0.0778. The second-order valence-corrected chi connectivity index (χ2v) is 5.49. The van der Waals surface area contributed by atoms with E-state index in [4.69, 9.17) is 9.05 Å². The van der Waals surface area contributed by atoms with E-state index in [1.807, 2.05) is 0 Å². The zero-order valence-corrected chi connectivity index (χ0v) is 11.8. The summed E-state index contributed by atoms with van der Waals surface area (Å²) in [6.45, 7) is -0.440. The van der Waals surface area contributed by atoms with E-state index in [9.17, 15) is 14.2 Å². The van der Waals surface area contributed by atoms with Crippen molar-refractivity contribution in [3.05, 3.63) is 0 Å². The average Bonchev–Trinajstić information content (AvgIpc) is 2.37. The third kappa shape index (κ3) is 6.11. The van der Waals surface area contributed by atoms with Gasteiger partial charge in [-0.3, -0.25) is 19.1 Å². The Morgan fingerprint density at radius 2 is 1.33 bits per heavy atom. The first-order valence-corrected chi connectivity index (χ1v) is 6.70. The van der Waals surface area contributed by atoms with Crippen LogP contribution in [0.5, 0.6) is 0 Å². The highest BCUT2D eigenvalue weighted by molar-refractivity contribution is 7.53. The van der Waals surface area contributed by atoms with Gasteiger partial charge in [0.25, 0.3) is 0 Å². The smallest absolute Gasteiger partial charge is 0.344 e. The summed E-state index contributed by atoms with van der Waals surface area (Å²) >= 11 is 0. The fraction of sp³-hybridized carbons (Fsp3) is 0.778. The molecule has 0 aliphatic heterocycles. The summed E-state index contributed by atoms with van der Waals surface area (Å²) in [6.07, 6.45) is -0.218. The molecule has 0 heterocycles. The molecule has 0 amide bonds. The van der Waals surface area contributed by atoms with E-state index in [0.29, 0.717) is 0 Å². The molecule has 0 aliphatic carbocycles. The Kier molecular flexibility index (Phi) is 7.77. The molecule has 0 aliphatic rings. The van der Waals surface area contributed by atoms with E-state index in [1.165, 1.54) is 33.3 Å². The molecule has 0 rings (SSSR count). The molecule has 0 radical (unpaired) electrons. The van der Waals surface area contributed by atoms with Crippen molar-refractivity contribution in [3.8, 4) is 0 Å². The minimum atomic E-state index is -3.36. The second-order valence-electron chi connectivity index (χ2n) is 3.26. The molecule has 0 spiro atoms. The first-order chi connectivity index (χ1) is 8.40. The van der Waals surface area contributed by atoms with Gasteiger partial charge < -0.3 is 18.5 Å². The van der Waals surface area contributed by atoms with Gasteiger partial charge in [0.15, 0.2) is 0 Å². The fourth-order valence-corrected chi connectivity index (χ4v) is 2.16. The summed E-state index contributed by atoms with van der Waals surface area (Å²) in [4.78, 5) is 23.6. The lowest BCUT2D eigenvalue weighted by Crippen LogP contribution is -2.36. The molecule has 106 valence electrons. The van der Waals surface area contributed by atoms with Gasteiger partial charge in [-0.2, -0.15) is 0 Å². The lowest BCUT2D eigenvalue weighted by molar-refractivity contribution is -0.145. The molecule has 0 aromatic rings. The maximum atomic E-state index is 11.9. The first-order valence-electron chi connectivity index (χ1n) is 4.97. The Morgan fingerprint density at radius 1 is 0.944 bits per heavy atom. The van der Waals surface area contributed by atoms with Crippen molar-refractivity contribution in [1.82, 2.24) is 4.90 Å². The minimum Gasteiger partial charge on any atom is -0.468 e. The van der Waals surface area contributed by atoms with Crippen LogP contribution in [-0.2, 0) is 32.7 Å². The van der Waals surface area contributed by atoms with Gasteiger partial charge in [-0.1, -0.05) is 0 Å². The molecule has 0 atom stereocenters. The third-order valence-corrected chi connectivity index (χ3v) is 3.95. The zero-order chi connectivity index (χ0) is 14.2. The predicted molar refractivity (Wildman–Crippen MR) is 62.1 cm³/mol. The molecule has 8 nitrogen and oxygen atoms in total. The van der Waals surface area contributed by atoms with Crippen LogP contribution in [0.15, 0.2) is 0 Å². The minimum absolute atomic E-state index is 0.218. The van der Waals surface area contributed by atoms with Crippen LogP contribution in [0.25, 0.3) is 0 Å². The molecule has 0 saturated carbocycles. The highest BCUT2D eigenvalue weighted by Gasteiger charge is 2.28. The molecule has 0 bridgehead atoms. The van der Waals surface area contributed by atoms with E-state index in [0.717, 1.165) is 0 Å². The number of carbonyl (C=O) groups is 2. The van der Waals surface area contributed by atoms with E-state index in [-0.39, 0.29) is 19.4 Å². The number of rotatable bonds is 8. The Labute approximate surface area is 106 Å². The number of hydrogen-bond acceptors (Lipinski definition) is 8. The largest absolute Gasteiger partial charge is 0.468 e. The summed E-state index contributed by atoms with van der Waals surface area (Å²) in [7, 11) is 1.51. The van der Waals surface area contributed by atoms with Crippen LogP contribution in [0.2, 0.25) is 0 Å². The van der Waals surface area contributed by atoms with E-state index in [1.54, 1.807) is 0 Å². The molecule has 0 aromatic carbocycles. The molecule has 0 unspecified atom stereocenters. The average molecular weight is 283 g/mol. The van der Waals surface area contributed by atoms with Gasteiger partial charge in [0, 0.05) is 14.2 Å². The van der Waals surface area contributed by atoms with Crippen LogP contribution in [-0.4, -0.2) is 64.7 Å². The van der Waals surface area contributed by atoms with Crippen LogP contribution < -0.4 is 0 Å². The Balaban J connectivity index is 4.70. The van der Waals surface area contributed by atoms with Crippen molar-refractivity contribution in [2.75, 3.05) is 47.8 Å². The summed E-state index contributed by atoms with van der Waals surface area (Å²) < 4.78 is 30.3. The number of methoxy groups -OCH3 is 2. The Hall–Kier alpha value is -0.950. The topological polar surface area (TPSA) is 91.4 Å². The first kappa shape index (κ1) is 17.1. The van der Waals surface area contributed by atoms with Crippen molar-refractivity contribution in [2.45, 2.75) is 0 Å². The Bertz CT molecular complexity index is 307. The van der Waals surface area contributed by atoms with E-state index >= 15 is 0 Å². The summed E-state index contributed by atoms with van der Waals surface area (Å²) in [5, 5.41) is 0. The summed E-state index contributed by atoms with van der Waals surface area (Å²) in [5.74, 6) is -1.14. The Morgan fingerprint density at radius 3 is 1.61 bits per heavy atom. The van der Waals surface area contributed by atoms with Crippen molar-refractivity contribution in [3.63, 3.8) is 0 Å². The number of hydrogen-bond donors (Lipinski definition) is 0. The van der Waals surface area contributed by atoms with Crippen LogP contribution in [0.4, 0.5) is 0 Å². The maximum absolute atomic E-state index is 11.9. The zero-order valence-electron chi connectivity index (χ0n) is 10.9. The standard InChI is InChI=1S/C9H18NO7P/c1-14-8(11)5-10(6-9(12)15-2)7-18(13,16-3)17-4/h5-7H2,1-4H3. The van der Waals surface area contributed by atoms with Crippen LogP contribution in [0, 0.1) is 0 Å². The van der Waals surface area contributed by atoms with Gasteiger partial charge in [-0.25, -0.2) is 0 Å². The molecule has 0 N–H and O–H groups in total. The fourth-order valence-electron chi connectivity index (χ4n) is 1.09. The van der Waals surface area contributed by atoms with Gasteiger partial charge in [0.1, 0.15) is 6.29 Å². The molecule has 18 heavy (non-hydrogen) atoms. The van der Waals surface area contributed by atoms with Crippen molar-refractivity contribution < 1.29 is 32.7 Å². The molecular formula is C9H18NO7P.